The predicted molar refractivity (Wildman–Crippen MR) is 99.3 cm³/mol. The van der Waals surface area contributed by atoms with Crippen LogP contribution >= 0.6 is 11.3 Å². The van der Waals surface area contributed by atoms with E-state index in [-0.39, 0.29) is 23.1 Å². The molecule has 0 saturated carbocycles. The highest BCUT2D eigenvalue weighted by atomic mass is 32.2. The third kappa shape index (κ3) is 4.92. The zero-order valence-corrected chi connectivity index (χ0v) is 16.5. The molecule has 1 saturated heterocycles. The molecule has 0 bridgehead atoms. The Bertz CT molecular complexity index is 932. The first-order valence-electron chi connectivity index (χ1n) is 8.68. The normalized spacial score (nSPS) is 15.7. The minimum Gasteiger partial charge on any atom is -0.352 e. The Kier molecular flexibility index (Phi) is 6.11. The molecule has 0 aliphatic carbocycles. The summed E-state index contributed by atoms with van der Waals surface area (Å²) in [4.78, 5) is 12.7. The average molecular weight is 432 g/mol. The van der Waals surface area contributed by atoms with Gasteiger partial charge in [-0.05, 0) is 42.7 Å². The van der Waals surface area contributed by atoms with Crippen LogP contribution in [-0.4, -0.2) is 31.7 Å². The van der Waals surface area contributed by atoms with Crippen LogP contribution in [0.4, 0.5) is 13.2 Å². The van der Waals surface area contributed by atoms with Crippen molar-refractivity contribution in [1.82, 2.24) is 9.62 Å². The quantitative estimate of drug-likeness (QED) is 0.761. The molecule has 0 atom stereocenters. The highest BCUT2D eigenvalue weighted by Crippen LogP contribution is 2.29. The van der Waals surface area contributed by atoms with Gasteiger partial charge in [0.25, 0.3) is 10.0 Å². The summed E-state index contributed by atoms with van der Waals surface area (Å²) in [7, 11) is -3.50. The number of rotatable bonds is 6. The molecule has 28 heavy (non-hydrogen) atoms. The predicted octanol–water partition coefficient (Wildman–Crippen LogP) is 3.41. The van der Waals surface area contributed by atoms with Gasteiger partial charge >= 0.3 is 6.18 Å². The number of nitrogens with zero attached hydrogens (tertiary/aromatic N) is 1. The molecular weight excluding hydrogens is 413 g/mol. The summed E-state index contributed by atoms with van der Waals surface area (Å²) < 4.78 is 64.3. The zero-order chi connectivity index (χ0) is 20.4. The number of benzene rings is 1. The second kappa shape index (κ2) is 8.22. The summed E-state index contributed by atoms with van der Waals surface area (Å²) in [5.41, 5.74) is -0.197. The number of carbonyl (C=O) groups excluding carboxylic acids is 1. The maximum atomic E-state index is 12.5. The van der Waals surface area contributed by atoms with Crippen molar-refractivity contribution in [2.75, 3.05) is 13.1 Å². The Morgan fingerprint density at radius 2 is 1.71 bits per heavy atom. The number of thiophene rings is 1. The van der Waals surface area contributed by atoms with E-state index in [0.29, 0.717) is 23.5 Å². The molecule has 1 aliphatic rings. The van der Waals surface area contributed by atoms with Crippen LogP contribution in [-0.2, 0) is 34.0 Å². The smallest absolute Gasteiger partial charge is 0.352 e. The molecule has 1 aromatic carbocycles. The molecule has 1 aromatic heterocycles. The van der Waals surface area contributed by atoms with Crippen molar-refractivity contribution in [2.24, 2.45) is 0 Å². The lowest BCUT2D eigenvalue weighted by molar-refractivity contribution is -0.137. The van der Waals surface area contributed by atoms with E-state index in [2.05, 4.69) is 5.32 Å². The fourth-order valence-corrected chi connectivity index (χ4v) is 5.91. The van der Waals surface area contributed by atoms with Crippen LogP contribution in [0.5, 0.6) is 0 Å². The third-order valence-electron chi connectivity index (χ3n) is 4.40. The second-order valence-corrected chi connectivity index (χ2v) is 9.81. The minimum atomic E-state index is -4.39. The topological polar surface area (TPSA) is 66.5 Å². The van der Waals surface area contributed by atoms with Crippen LogP contribution < -0.4 is 5.32 Å². The SMILES string of the molecule is O=C(Cc1ccc(S(=O)(=O)N2CCCC2)s1)NCc1ccc(C(F)(F)F)cc1. The summed E-state index contributed by atoms with van der Waals surface area (Å²) >= 11 is 1.07. The molecule has 0 unspecified atom stereocenters. The van der Waals surface area contributed by atoms with Crippen molar-refractivity contribution in [3.63, 3.8) is 0 Å². The molecule has 2 heterocycles. The summed E-state index contributed by atoms with van der Waals surface area (Å²) in [5.74, 6) is -0.327. The van der Waals surface area contributed by atoms with E-state index in [0.717, 1.165) is 36.3 Å². The Morgan fingerprint density at radius 3 is 2.32 bits per heavy atom. The van der Waals surface area contributed by atoms with Gasteiger partial charge < -0.3 is 5.32 Å². The number of amides is 1. The Balaban J connectivity index is 1.55. The maximum absolute atomic E-state index is 12.5. The van der Waals surface area contributed by atoms with Gasteiger partial charge in [-0.15, -0.1) is 11.3 Å². The number of carbonyl (C=O) groups is 1. The lowest BCUT2D eigenvalue weighted by Crippen LogP contribution is -2.27. The van der Waals surface area contributed by atoms with E-state index < -0.39 is 21.8 Å². The number of nitrogens with one attached hydrogen (secondary N) is 1. The molecule has 1 aliphatic heterocycles. The minimum absolute atomic E-state index is 0.0147. The van der Waals surface area contributed by atoms with Crippen LogP contribution in [0.25, 0.3) is 0 Å². The molecule has 0 spiro atoms. The molecule has 10 heteroatoms. The second-order valence-electron chi connectivity index (χ2n) is 6.48. The standard InChI is InChI=1S/C18H19F3N2O3S2/c19-18(20,21)14-5-3-13(4-6-14)12-22-16(24)11-15-7-8-17(27-15)28(25,26)23-9-1-2-10-23/h3-8H,1-2,9-12H2,(H,22,24). The van der Waals surface area contributed by atoms with Gasteiger partial charge in [0.15, 0.2) is 0 Å². The van der Waals surface area contributed by atoms with Crippen LogP contribution in [0.15, 0.2) is 40.6 Å². The van der Waals surface area contributed by atoms with Gasteiger partial charge in [-0.2, -0.15) is 17.5 Å². The van der Waals surface area contributed by atoms with E-state index in [4.69, 9.17) is 0 Å². The van der Waals surface area contributed by atoms with Crippen LogP contribution in [0.3, 0.4) is 0 Å². The van der Waals surface area contributed by atoms with Gasteiger partial charge in [0.2, 0.25) is 5.91 Å². The highest BCUT2D eigenvalue weighted by molar-refractivity contribution is 7.91. The van der Waals surface area contributed by atoms with Crippen molar-refractivity contribution in [2.45, 2.75) is 36.2 Å². The molecular formula is C18H19F3N2O3S2. The van der Waals surface area contributed by atoms with Gasteiger partial charge in [-0.3, -0.25) is 4.79 Å². The van der Waals surface area contributed by atoms with E-state index >= 15 is 0 Å². The van der Waals surface area contributed by atoms with E-state index in [1.807, 2.05) is 0 Å². The number of halogens is 3. The van der Waals surface area contributed by atoms with Gasteiger partial charge in [0, 0.05) is 24.5 Å². The molecule has 152 valence electrons. The first-order valence-corrected chi connectivity index (χ1v) is 10.9. The first kappa shape index (κ1) is 20.8. The summed E-state index contributed by atoms with van der Waals surface area (Å²) in [6, 6.07) is 7.69. The number of hydrogen-bond acceptors (Lipinski definition) is 4. The average Bonchev–Trinajstić information content (AvgIpc) is 3.32. The van der Waals surface area contributed by atoms with Crippen molar-refractivity contribution >= 4 is 27.3 Å². The zero-order valence-electron chi connectivity index (χ0n) is 14.8. The van der Waals surface area contributed by atoms with Gasteiger partial charge in [-0.1, -0.05) is 12.1 Å². The molecule has 2 aromatic rings. The fourth-order valence-electron chi connectivity index (χ4n) is 2.88. The third-order valence-corrected chi connectivity index (χ3v) is 7.85. The number of alkyl halides is 3. The molecule has 1 fully saturated rings. The summed E-state index contributed by atoms with van der Waals surface area (Å²) in [6.45, 7) is 1.13. The fraction of sp³-hybridized carbons (Fsp3) is 0.389. The lowest BCUT2D eigenvalue weighted by Gasteiger charge is -2.13. The molecule has 1 amide bonds. The van der Waals surface area contributed by atoms with Crippen molar-refractivity contribution in [1.29, 1.82) is 0 Å². The monoisotopic (exact) mass is 432 g/mol. The molecule has 0 radical (unpaired) electrons. The molecule has 1 N–H and O–H groups in total. The maximum Gasteiger partial charge on any atom is 0.416 e. The largest absolute Gasteiger partial charge is 0.416 e. The van der Waals surface area contributed by atoms with Gasteiger partial charge in [0.05, 0.1) is 12.0 Å². The van der Waals surface area contributed by atoms with Crippen molar-refractivity contribution in [3.8, 4) is 0 Å². The Labute approximate surface area is 165 Å². The van der Waals surface area contributed by atoms with Gasteiger partial charge in [0.1, 0.15) is 4.21 Å². The first-order chi connectivity index (χ1) is 13.2. The number of hydrogen-bond donors (Lipinski definition) is 1. The molecule has 3 rings (SSSR count). The van der Waals surface area contributed by atoms with Crippen molar-refractivity contribution in [3.05, 3.63) is 52.4 Å². The van der Waals surface area contributed by atoms with Crippen molar-refractivity contribution < 1.29 is 26.4 Å². The Hall–Kier alpha value is -1.91. The Morgan fingerprint density at radius 1 is 1.07 bits per heavy atom. The van der Waals surface area contributed by atoms with E-state index in [1.54, 1.807) is 6.07 Å². The summed E-state index contributed by atoms with van der Waals surface area (Å²) in [5, 5.41) is 2.64. The van der Waals surface area contributed by atoms with Gasteiger partial charge in [-0.25, -0.2) is 8.42 Å². The number of sulfonamides is 1. The lowest BCUT2D eigenvalue weighted by atomic mass is 10.1. The van der Waals surface area contributed by atoms with Crippen LogP contribution in [0.2, 0.25) is 0 Å². The summed E-state index contributed by atoms with van der Waals surface area (Å²) in [6.07, 6.45) is -2.68. The highest BCUT2D eigenvalue weighted by Gasteiger charge is 2.30. The van der Waals surface area contributed by atoms with Crippen LogP contribution in [0, 0.1) is 0 Å². The molecule has 5 nitrogen and oxygen atoms in total. The van der Waals surface area contributed by atoms with E-state index in [1.165, 1.54) is 22.5 Å². The van der Waals surface area contributed by atoms with E-state index in [9.17, 15) is 26.4 Å². The van der Waals surface area contributed by atoms with Crippen LogP contribution in [0.1, 0.15) is 28.8 Å².